The number of aliphatic hydroxyl groups excluding tert-OH is 1. The molecule has 0 amide bonds. The molecule has 8 heteroatoms. The van der Waals surface area contributed by atoms with Crippen LogP contribution in [0, 0.1) is 5.82 Å². The Morgan fingerprint density at radius 1 is 1.09 bits per heavy atom. The number of rotatable bonds is 9. The normalized spacial score (nSPS) is 16.2. The molecular weight excluding hydrogens is 522 g/mol. The molecule has 3 rings (SSSR count). The number of aliphatic hydroxyl groups is 1. The van der Waals surface area contributed by atoms with E-state index in [9.17, 15) is 9.50 Å². The first-order valence-corrected chi connectivity index (χ1v) is 11.0. The molecule has 2 aromatic carbocycles. The molecule has 2 atom stereocenters. The molecule has 3 N–H and O–H groups in total. The Hall–Kier alpha value is -1.91. The van der Waals surface area contributed by atoms with Gasteiger partial charge in [-0.1, -0.05) is 36.4 Å². The summed E-state index contributed by atoms with van der Waals surface area (Å²) in [6.07, 6.45) is 1.40. The number of para-hydroxylation sites is 1. The van der Waals surface area contributed by atoms with E-state index in [1.54, 1.807) is 25.3 Å². The number of likely N-dealkylation sites (tertiary alicyclic amines) is 1. The van der Waals surface area contributed by atoms with Crippen molar-refractivity contribution >= 4 is 29.9 Å². The third-order valence-corrected chi connectivity index (χ3v) is 5.57. The Bertz CT molecular complexity index is 861. The lowest BCUT2D eigenvalue weighted by Crippen LogP contribution is -2.40. The highest BCUT2D eigenvalue weighted by Gasteiger charge is 2.26. The van der Waals surface area contributed by atoms with E-state index in [-0.39, 0.29) is 42.1 Å². The Kier molecular flexibility index (Phi) is 11.2. The van der Waals surface area contributed by atoms with E-state index in [0.717, 1.165) is 24.4 Å². The van der Waals surface area contributed by atoms with E-state index >= 15 is 0 Å². The van der Waals surface area contributed by atoms with Gasteiger partial charge in [0.2, 0.25) is 0 Å². The number of benzene rings is 2. The average Bonchev–Trinajstić information content (AvgIpc) is 3.32. The van der Waals surface area contributed by atoms with Gasteiger partial charge in [0.15, 0.2) is 5.96 Å². The van der Waals surface area contributed by atoms with Gasteiger partial charge in [0, 0.05) is 24.2 Å². The molecule has 0 bridgehead atoms. The first-order valence-electron chi connectivity index (χ1n) is 11.0. The second-order valence-corrected chi connectivity index (χ2v) is 7.64. The summed E-state index contributed by atoms with van der Waals surface area (Å²) >= 11 is 0. The minimum Gasteiger partial charge on any atom is -0.496 e. The Balaban J connectivity index is 0.00000363. The molecule has 0 radical (unpaired) electrons. The summed E-state index contributed by atoms with van der Waals surface area (Å²) in [6, 6.07) is 14.5. The molecule has 32 heavy (non-hydrogen) atoms. The molecule has 1 heterocycles. The Morgan fingerprint density at radius 2 is 1.75 bits per heavy atom. The number of aliphatic imine (C=N–C) groups is 1. The van der Waals surface area contributed by atoms with Crippen molar-refractivity contribution in [3.05, 3.63) is 65.5 Å². The predicted octanol–water partition coefficient (Wildman–Crippen LogP) is 3.88. The fourth-order valence-corrected chi connectivity index (χ4v) is 3.97. The smallest absolute Gasteiger partial charge is 0.191 e. The summed E-state index contributed by atoms with van der Waals surface area (Å²) in [7, 11) is 1.69. The van der Waals surface area contributed by atoms with E-state index in [1.165, 1.54) is 18.9 Å². The zero-order chi connectivity index (χ0) is 22.1. The molecular formula is C24H34FIN4O2. The summed E-state index contributed by atoms with van der Waals surface area (Å²) < 4.78 is 19.6. The van der Waals surface area contributed by atoms with Crippen molar-refractivity contribution in [2.75, 3.05) is 39.8 Å². The SMILES string of the molecule is CCNC(=NCC(c1ccccc1OC)N1CCCC1)NCC(O)c1ccccc1F.I. The van der Waals surface area contributed by atoms with Gasteiger partial charge in [0.25, 0.3) is 0 Å². The molecule has 6 nitrogen and oxygen atoms in total. The summed E-state index contributed by atoms with van der Waals surface area (Å²) in [5.41, 5.74) is 1.40. The summed E-state index contributed by atoms with van der Waals surface area (Å²) in [5.74, 6) is 1.04. The molecule has 1 saturated heterocycles. The van der Waals surface area contributed by atoms with Gasteiger partial charge in [-0.25, -0.2) is 4.39 Å². The maximum Gasteiger partial charge on any atom is 0.191 e. The zero-order valence-electron chi connectivity index (χ0n) is 18.8. The number of ether oxygens (including phenoxy) is 1. The minimum absolute atomic E-state index is 0. The average molecular weight is 556 g/mol. The van der Waals surface area contributed by atoms with Crippen LogP contribution in [0.5, 0.6) is 5.75 Å². The van der Waals surface area contributed by atoms with Crippen molar-refractivity contribution in [1.29, 1.82) is 0 Å². The van der Waals surface area contributed by atoms with Crippen molar-refractivity contribution < 1.29 is 14.2 Å². The van der Waals surface area contributed by atoms with Crippen LogP contribution in [0.25, 0.3) is 0 Å². The summed E-state index contributed by atoms with van der Waals surface area (Å²) in [6.45, 7) is 5.46. The van der Waals surface area contributed by atoms with Crippen molar-refractivity contribution in [3.8, 4) is 5.75 Å². The van der Waals surface area contributed by atoms with Crippen molar-refractivity contribution in [1.82, 2.24) is 15.5 Å². The van der Waals surface area contributed by atoms with E-state index in [4.69, 9.17) is 9.73 Å². The molecule has 0 aliphatic carbocycles. The number of methoxy groups -OCH3 is 1. The monoisotopic (exact) mass is 556 g/mol. The van der Waals surface area contributed by atoms with Crippen molar-refractivity contribution in [3.63, 3.8) is 0 Å². The van der Waals surface area contributed by atoms with Crippen LogP contribution in [0.3, 0.4) is 0 Å². The van der Waals surface area contributed by atoms with Gasteiger partial charge in [-0.2, -0.15) is 0 Å². The summed E-state index contributed by atoms with van der Waals surface area (Å²) in [4.78, 5) is 7.23. The first-order chi connectivity index (χ1) is 15.1. The highest BCUT2D eigenvalue weighted by atomic mass is 127. The van der Waals surface area contributed by atoms with Gasteiger partial charge in [-0.05, 0) is 45.0 Å². The summed E-state index contributed by atoms with van der Waals surface area (Å²) in [5, 5.41) is 16.8. The topological polar surface area (TPSA) is 69.1 Å². The molecule has 2 aromatic rings. The predicted molar refractivity (Wildman–Crippen MR) is 137 cm³/mol. The number of hydrogen-bond acceptors (Lipinski definition) is 4. The lowest BCUT2D eigenvalue weighted by Gasteiger charge is -2.28. The van der Waals surface area contributed by atoms with Crippen LogP contribution in [0.4, 0.5) is 4.39 Å². The lowest BCUT2D eigenvalue weighted by atomic mass is 10.0. The largest absolute Gasteiger partial charge is 0.496 e. The fourth-order valence-electron chi connectivity index (χ4n) is 3.97. The highest BCUT2D eigenvalue weighted by Crippen LogP contribution is 2.31. The molecule has 1 fully saturated rings. The van der Waals surface area contributed by atoms with E-state index < -0.39 is 11.9 Å². The molecule has 0 spiro atoms. The second-order valence-electron chi connectivity index (χ2n) is 7.64. The maximum atomic E-state index is 13.9. The van der Waals surface area contributed by atoms with Crippen LogP contribution in [-0.4, -0.2) is 55.8 Å². The van der Waals surface area contributed by atoms with Crippen LogP contribution in [0.1, 0.15) is 43.0 Å². The third kappa shape index (κ3) is 7.05. The Labute approximate surface area is 207 Å². The molecule has 1 aliphatic rings. The van der Waals surface area contributed by atoms with E-state index in [0.29, 0.717) is 19.0 Å². The minimum atomic E-state index is -0.964. The number of guanidine groups is 1. The van der Waals surface area contributed by atoms with Gasteiger partial charge in [-0.15, -0.1) is 24.0 Å². The van der Waals surface area contributed by atoms with Crippen LogP contribution in [0.2, 0.25) is 0 Å². The zero-order valence-corrected chi connectivity index (χ0v) is 21.1. The lowest BCUT2D eigenvalue weighted by molar-refractivity contribution is 0.176. The number of hydrogen-bond donors (Lipinski definition) is 3. The first kappa shape index (κ1) is 26.3. The van der Waals surface area contributed by atoms with Gasteiger partial charge < -0.3 is 20.5 Å². The molecule has 0 aromatic heterocycles. The van der Waals surface area contributed by atoms with E-state index in [2.05, 4.69) is 21.6 Å². The van der Waals surface area contributed by atoms with E-state index in [1.807, 2.05) is 25.1 Å². The van der Waals surface area contributed by atoms with Gasteiger partial charge >= 0.3 is 0 Å². The molecule has 2 unspecified atom stereocenters. The van der Waals surface area contributed by atoms with Gasteiger partial charge in [0.1, 0.15) is 11.6 Å². The highest BCUT2D eigenvalue weighted by molar-refractivity contribution is 14.0. The second kappa shape index (κ2) is 13.6. The third-order valence-electron chi connectivity index (χ3n) is 5.57. The quantitative estimate of drug-likeness (QED) is 0.249. The standard InChI is InChI=1S/C24H33FN4O2.HI/c1-3-26-24(28-17-22(30)18-10-4-6-12-20(18)25)27-16-21(29-14-8-9-15-29)19-11-5-7-13-23(19)31-2;/h4-7,10-13,21-22,30H,3,8-9,14-17H2,1-2H3,(H2,26,27,28);1H. The fraction of sp³-hybridized carbons (Fsp3) is 0.458. The number of halogens is 2. The van der Waals surface area contributed by atoms with Gasteiger partial charge in [0.05, 0.1) is 25.8 Å². The van der Waals surface area contributed by atoms with Crippen molar-refractivity contribution in [2.24, 2.45) is 4.99 Å². The molecule has 1 aliphatic heterocycles. The maximum absolute atomic E-state index is 13.9. The van der Waals surface area contributed by atoms with Crippen LogP contribution < -0.4 is 15.4 Å². The van der Waals surface area contributed by atoms with Crippen LogP contribution >= 0.6 is 24.0 Å². The Morgan fingerprint density at radius 3 is 2.41 bits per heavy atom. The van der Waals surface area contributed by atoms with Crippen LogP contribution in [-0.2, 0) is 0 Å². The van der Waals surface area contributed by atoms with Gasteiger partial charge in [-0.3, -0.25) is 9.89 Å². The number of nitrogens with zero attached hydrogens (tertiary/aromatic N) is 2. The van der Waals surface area contributed by atoms with Crippen LogP contribution in [0.15, 0.2) is 53.5 Å². The van der Waals surface area contributed by atoms with Crippen molar-refractivity contribution in [2.45, 2.75) is 31.9 Å². The molecule has 176 valence electrons. The number of nitrogens with one attached hydrogen (secondary N) is 2. The molecule has 0 saturated carbocycles.